The van der Waals surface area contributed by atoms with Gasteiger partial charge >= 0.3 is 0 Å². The summed E-state index contributed by atoms with van der Waals surface area (Å²) in [6.45, 7) is -0.357. The van der Waals surface area contributed by atoms with Crippen molar-refractivity contribution in [2.45, 2.75) is 0 Å². The summed E-state index contributed by atoms with van der Waals surface area (Å²) in [7, 11) is 0. The highest BCUT2D eigenvalue weighted by Crippen LogP contribution is 2.21. The van der Waals surface area contributed by atoms with E-state index < -0.39 is 17.5 Å². The molecule has 0 aliphatic heterocycles. The third-order valence-electron chi connectivity index (χ3n) is 2.48. The number of rotatable bonds is 4. The van der Waals surface area contributed by atoms with Gasteiger partial charge in [0, 0.05) is 6.07 Å². The average molecular weight is 278 g/mol. The van der Waals surface area contributed by atoms with Gasteiger partial charge in [-0.15, -0.1) is 0 Å². The molecule has 0 fully saturated rings. The second kappa shape index (κ2) is 6.01. The van der Waals surface area contributed by atoms with Crippen molar-refractivity contribution in [1.29, 1.82) is 0 Å². The lowest BCUT2D eigenvalue weighted by Gasteiger charge is -2.09. The number of ether oxygens (including phenoxy) is 1. The van der Waals surface area contributed by atoms with E-state index in [1.54, 1.807) is 6.07 Å². The molecular weight excluding hydrogens is 266 g/mol. The Labute approximate surface area is 114 Å². The SMILES string of the molecule is Nc1cc(F)ccc1OCC(=O)Nc1ccccc1F. The van der Waals surface area contributed by atoms with E-state index in [0.29, 0.717) is 0 Å². The maximum absolute atomic E-state index is 13.3. The lowest BCUT2D eigenvalue weighted by Crippen LogP contribution is -2.21. The molecule has 0 aliphatic rings. The van der Waals surface area contributed by atoms with E-state index >= 15 is 0 Å². The first-order valence-corrected chi connectivity index (χ1v) is 5.78. The Morgan fingerprint density at radius 1 is 1.20 bits per heavy atom. The fraction of sp³-hybridized carbons (Fsp3) is 0.0714. The highest BCUT2D eigenvalue weighted by Gasteiger charge is 2.08. The third-order valence-corrected chi connectivity index (χ3v) is 2.48. The molecule has 0 unspecified atom stereocenters. The maximum Gasteiger partial charge on any atom is 0.262 e. The summed E-state index contributed by atoms with van der Waals surface area (Å²) < 4.78 is 31.3. The van der Waals surface area contributed by atoms with Gasteiger partial charge in [0.2, 0.25) is 0 Å². The topological polar surface area (TPSA) is 64.3 Å². The van der Waals surface area contributed by atoms with Gasteiger partial charge in [0.15, 0.2) is 6.61 Å². The van der Waals surface area contributed by atoms with Crippen molar-refractivity contribution in [3.8, 4) is 5.75 Å². The van der Waals surface area contributed by atoms with Gasteiger partial charge in [-0.05, 0) is 24.3 Å². The van der Waals surface area contributed by atoms with Gasteiger partial charge in [-0.25, -0.2) is 8.78 Å². The summed E-state index contributed by atoms with van der Waals surface area (Å²) in [6.07, 6.45) is 0. The fourth-order valence-electron chi connectivity index (χ4n) is 1.54. The molecule has 2 aromatic carbocycles. The van der Waals surface area contributed by atoms with Crippen LogP contribution in [-0.2, 0) is 4.79 Å². The molecule has 0 atom stereocenters. The van der Waals surface area contributed by atoms with Crippen molar-refractivity contribution in [3.05, 3.63) is 54.1 Å². The Morgan fingerprint density at radius 3 is 2.65 bits per heavy atom. The predicted octanol–water partition coefficient (Wildman–Crippen LogP) is 2.56. The minimum atomic E-state index is -0.543. The Balaban J connectivity index is 1.94. The van der Waals surface area contributed by atoms with Crippen molar-refractivity contribution < 1.29 is 18.3 Å². The fourth-order valence-corrected chi connectivity index (χ4v) is 1.54. The summed E-state index contributed by atoms with van der Waals surface area (Å²) in [5, 5.41) is 2.36. The number of carbonyl (C=O) groups excluding carboxylic acids is 1. The van der Waals surface area contributed by atoms with Crippen LogP contribution in [0.4, 0.5) is 20.2 Å². The van der Waals surface area contributed by atoms with Gasteiger partial charge in [-0.3, -0.25) is 4.79 Å². The summed E-state index contributed by atoms with van der Waals surface area (Å²) in [5.74, 6) is -1.39. The standard InChI is InChI=1S/C14H12F2N2O2/c15-9-5-6-13(11(17)7-9)20-8-14(19)18-12-4-2-1-3-10(12)16/h1-7H,8,17H2,(H,18,19). The largest absolute Gasteiger partial charge is 0.482 e. The average Bonchev–Trinajstić information content (AvgIpc) is 2.40. The molecule has 0 saturated carbocycles. The number of benzene rings is 2. The van der Waals surface area contributed by atoms with Crippen molar-refractivity contribution in [1.82, 2.24) is 0 Å². The van der Waals surface area contributed by atoms with Crippen LogP contribution < -0.4 is 15.8 Å². The third kappa shape index (κ3) is 3.44. The van der Waals surface area contributed by atoms with E-state index in [1.807, 2.05) is 0 Å². The van der Waals surface area contributed by atoms with Crippen molar-refractivity contribution in [3.63, 3.8) is 0 Å². The zero-order chi connectivity index (χ0) is 14.5. The number of hydrogen-bond donors (Lipinski definition) is 2. The monoisotopic (exact) mass is 278 g/mol. The molecule has 104 valence electrons. The van der Waals surface area contributed by atoms with Crippen molar-refractivity contribution in [2.24, 2.45) is 0 Å². The molecule has 0 radical (unpaired) electrons. The number of carbonyl (C=O) groups is 1. The van der Waals surface area contributed by atoms with E-state index in [0.717, 1.165) is 6.07 Å². The molecule has 20 heavy (non-hydrogen) atoms. The molecule has 3 N–H and O–H groups in total. The van der Waals surface area contributed by atoms with Gasteiger partial charge < -0.3 is 15.8 Å². The van der Waals surface area contributed by atoms with Crippen LogP contribution in [0.1, 0.15) is 0 Å². The molecule has 6 heteroatoms. The second-order valence-electron chi connectivity index (χ2n) is 4.00. The number of nitrogens with two attached hydrogens (primary N) is 1. The van der Waals surface area contributed by atoms with Crippen LogP contribution in [0.15, 0.2) is 42.5 Å². The highest BCUT2D eigenvalue weighted by atomic mass is 19.1. The summed E-state index contributed by atoms with van der Waals surface area (Å²) in [4.78, 5) is 11.6. The zero-order valence-corrected chi connectivity index (χ0v) is 10.4. The van der Waals surface area contributed by atoms with Gasteiger partial charge in [0.1, 0.15) is 17.4 Å². The molecular formula is C14H12F2N2O2. The van der Waals surface area contributed by atoms with Gasteiger partial charge in [-0.1, -0.05) is 12.1 Å². The molecule has 0 bridgehead atoms. The number of anilines is 2. The van der Waals surface area contributed by atoms with E-state index in [4.69, 9.17) is 10.5 Å². The molecule has 0 spiro atoms. The maximum atomic E-state index is 13.3. The van der Waals surface area contributed by atoms with Crippen LogP contribution in [0.3, 0.4) is 0 Å². The minimum Gasteiger partial charge on any atom is -0.482 e. The Kier molecular flexibility index (Phi) is 4.14. The van der Waals surface area contributed by atoms with E-state index in [2.05, 4.69) is 5.32 Å². The van der Waals surface area contributed by atoms with Crippen molar-refractivity contribution in [2.75, 3.05) is 17.7 Å². The minimum absolute atomic E-state index is 0.0631. The number of nitrogen functional groups attached to an aromatic ring is 1. The highest BCUT2D eigenvalue weighted by molar-refractivity contribution is 5.92. The number of halogens is 2. The lowest BCUT2D eigenvalue weighted by atomic mass is 10.3. The zero-order valence-electron chi connectivity index (χ0n) is 10.4. The van der Waals surface area contributed by atoms with Crippen molar-refractivity contribution >= 4 is 17.3 Å². The molecule has 1 amide bonds. The van der Waals surface area contributed by atoms with Gasteiger partial charge in [0.25, 0.3) is 5.91 Å². The van der Waals surface area contributed by atoms with Crippen LogP contribution in [0.2, 0.25) is 0 Å². The first kappa shape index (κ1) is 13.8. The van der Waals surface area contributed by atoms with Gasteiger partial charge in [-0.2, -0.15) is 0 Å². The van der Waals surface area contributed by atoms with E-state index in [1.165, 1.54) is 30.3 Å². The van der Waals surface area contributed by atoms with Crippen LogP contribution in [0.5, 0.6) is 5.75 Å². The normalized spacial score (nSPS) is 10.1. The number of para-hydroxylation sites is 1. The summed E-state index contributed by atoms with van der Waals surface area (Å²) in [5.41, 5.74) is 5.68. The number of nitrogens with one attached hydrogen (secondary N) is 1. The molecule has 0 aliphatic carbocycles. The number of hydrogen-bond acceptors (Lipinski definition) is 3. The van der Waals surface area contributed by atoms with E-state index in [-0.39, 0.29) is 23.7 Å². The quantitative estimate of drug-likeness (QED) is 0.845. The summed E-state index contributed by atoms with van der Waals surface area (Å²) in [6, 6.07) is 9.34. The number of amides is 1. The molecule has 0 heterocycles. The molecule has 2 aromatic rings. The van der Waals surface area contributed by atoms with E-state index in [9.17, 15) is 13.6 Å². The lowest BCUT2D eigenvalue weighted by molar-refractivity contribution is -0.118. The van der Waals surface area contributed by atoms with Crippen LogP contribution >= 0.6 is 0 Å². The first-order valence-electron chi connectivity index (χ1n) is 5.78. The Bertz CT molecular complexity index is 632. The summed E-state index contributed by atoms with van der Waals surface area (Å²) >= 11 is 0. The van der Waals surface area contributed by atoms with Crippen LogP contribution in [-0.4, -0.2) is 12.5 Å². The van der Waals surface area contributed by atoms with Gasteiger partial charge in [0.05, 0.1) is 11.4 Å². The molecule has 0 aromatic heterocycles. The Morgan fingerprint density at radius 2 is 1.95 bits per heavy atom. The molecule has 2 rings (SSSR count). The predicted molar refractivity (Wildman–Crippen MR) is 71.3 cm³/mol. The molecule has 4 nitrogen and oxygen atoms in total. The van der Waals surface area contributed by atoms with Crippen LogP contribution in [0, 0.1) is 11.6 Å². The Hall–Kier alpha value is -2.63. The second-order valence-corrected chi connectivity index (χ2v) is 4.00. The first-order chi connectivity index (χ1) is 9.56. The molecule has 0 saturated heterocycles. The van der Waals surface area contributed by atoms with Crippen LogP contribution in [0.25, 0.3) is 0 Å². The smallest absolute Gasteiger partial charge is 0.262 e.